The second-order valence-corrected chi connectivity index (χ2v) is 9.21. The monoisotopic (exact) mass is 522 g/mol. The summed E-state index contributed by atoms with van der Waals surface area (Å²) in [7, 11) is 0. The van der Waals surface area contributed by atoms with E-state index < -0.39 is 60.2 Å². The van der Waals surface area contributed by atoms with Gasteiger partial charge in [0, 0.05) is 6.42 Å². The van der Waals surface area contributed by atoms with Crippen LogP contribution < -0.4 is 21.7 Å². The number of aliphatic carboxylic acids is 2. The van der Waals surface area contributed by atoms with E-state index in [1.807, 2.05) is 6.92 Å². The lowest BCUT2D eigenvalue weighted by atomic mass is 9.95. The van der Waals surface area contributed by atoms with Crippen LogP contribution in [0.25, 0.3) is 0 Å². The Hall–Kier alpha value is -3.67. The normalized spacial score (nSPS) is 15.8. The Bertz CT molecular complexity index is 953. The molecule has 0 aliphatic rings. The zero-order valence-corrected chi connectivity index (χ0v) is 21.6. The summed E-state index contributed by atoms with van der Waals surface area (Å²) in [6.45, 7) is 7.18. The van der Waals surface area contributed by atoms with E-state index in [-0.39, 0.29) is 24.0 Å². The van der Waals surface area contributed by atoms with Crippen molar-refractivity contribution in [2.75, 3.05) is 0 Å². The predicted octanol–water partition coefficient (Wildman–Crippen LogP) is 0.368. The van der Waals surface area contributed by atoms with Crippen molar-refractivity contribution in [1.82, 2.24) is 16.0 Å². The maximum Gasteiger partial charge on any atom is 0.326 e. The third-order valence-electron chi connectivity index (χ3n) is 6.36. The van der Waals surface area contributed by atoms with Crippen molar-refractivity contribution in [2.24, 2.45) is 17.6 Å². The smallest absolute Gasteiger partial charge is 0.326 e. The molecule has 6 unspecified atom stereocenters. The molecule has 12 nitrogen and oxygen atoms in total. The summed E-state index contributed by atoms with van der Waals surface area (Å²) in [4.78, 5) is 61.8. The number of carbonyl (C=O) groups excluding carboxylic acids is 3. The van der Waals surface area contributed by atoms with Crippen molar-refractivity contribution >= 4 is 29.7 Å². The number of amides is 3. The molecular weight excluding hydrogens is 484 g/mol. The zero-order valence-electron chi connectivity index (χ0n) is 21.6. The highest BCUT2D eigenvalue weighted by molar-refractivity contribution is 5.95. The highest BCUT2D eigenvalue weighted by Gasteiger charge is 2.34. The second-order valence-electron chi connectivity index (χ2n) is 9.21. The Morgan fingerprint density at radius 2 is 1.35 bits per heavy atom. The van der Waals surface area contributed by atoms with E-state index in [9.17, 15) is 39.3 Å². The molecule has 37 heavy (non-hydrogen) atoms. The lowest BCUT2D eigenvalue weighted by Crippen LogP contribution is -2.59. The SMILES string of the molecule is CCC(C)C(N)C(=O)NC(C(=O)NC(CC(=O)O)C(=O)NC(Cc1ccc(O)cc1)C(=O)O)C(C)CC. The fourth-order valence-electron chi connectivity index (χ4n) is 3.45. The van der Waals surface area contributed by atoms with Gasteiger partial charge in [-0.15, -0.1) is 0 Å². The van der Waals surface area contributed by atoms with Crippen molar-refractivity contribution in [3.63, 3.8) is 0 Å². The van der Waals surface area contributed by atoms with Gasteiger partial charge in [-0.25, -0.2) is 4.79 Å². The average Bonchev–Trinajstić information content (AvgIpc) is 2.85. The number of nitrogens with two attached hydrogens (primary N) is 1. The van der Waals surface area contributed by atoms with Gasteiger partial charge in [-0.1, -0.05) is 52.7 Å². The molecular formula is C25H38N4O8. The number of hydrogen-bond acceptors (Lipinski definition) is 7. The molecule has 1 rings (SSSR count). The number of carboxylic acids is 2. The Balaban J connectivity index is 3.06. The lowest BCUT2D eigenvalue weighted by molar-refractivity contribution is -0.143. The highest BCUT2D eigenvalue weighted by Crippen LogP contribution is 2.13. The van der Waals surface area contributed by atoms with Crippen LogP contribution in [0.4, 0.5) is 0 Å². The quantitative estimate of drug-likeness (QED) is 0.169. The van der Waals surface area contributed by atoms with Crippen LogP contribution in [0, 0.1) is 11.8 Å². The zero-order chi connectivity index (χ0) is 28.3. The maximum atomic E-state index is 13.1. The number of carboxylic acid groups (broad SMARTS) is 2. The van der Waals surface area contributed by atoms with E-state index in [4.69, 9.17) is 5.73 Å². The summed E-state index contributed by atoms with van der Waals surface area (Å²) in [5.41, 5.74) is 6.48. The molecule has 0 aliphatic heterocycles. The molecule has 0 radical (unpaired) electrons. The lowest BCUT2D eigenvalue weighted by Gasteiger charge is -2.28. The largest absolute Gasteiger partial charge is 0.508 e. The Morgan fingerprint density at radius 3 is 1.84 bits per heavy atom. The molecule has 3 amide bonds. The summed E-state index contributed by atoms with van der Waals surface area (Å²) in [5, 5.41) is 35.5. The van der Waals surface area contributed by atoms with E-state index in [1.165, 1.54) is 24.3 Å². The summed E-state index contributed by atoms with van der Waals surface area (Å²) < 4.78 is 0. The van der Waals surface area contributed by atoms with Crippen LogP contribution in [0.1, 0.15) is 52.5 Å². The molecule has 0 heterocycles. The van der Waals surface area contributed by atoms with Gasteiger partial charge >= 0.3 is 11.9 Å². The van der Waals surface area contributed by atoms with E-state index >= 15 is 0 Å². The van der Waals surface area contributed by atoms with E-state index in [2.05, 4.69) is 16.0 Å². The topological polar surface area (TPSA) is 208 Å². The van der Waals surface area contributed by atoms with Gasteiger partial charge in [0.25, 0.3) is 0 Å². The first kappa shape index (κ1) is 31.4. The minimum Gasteiger partial charge on any atom is -0.508 e. The van der Waals surface area contributed by atoms with Crippen molar-refractivity contribution < 1.29 is 39.3 Å². The van der Waals surface area contributed by atoms with Gasteiger partial charge in [0.05, 0.1) is 12.5 Å². The Labute approximate surface area is 216 Å². The molecule has 1 aromatic carbocycles. The molecule has 12 heteroatoms. The minimum absolute atomic E-state index is 0.0167. The number of rotatable bonds is 15. The first-order valence-corrected chi connectivity index (χ1v) is 12.2. The van der Waals surface area contributed by atoms with Crippen LogP contribution in [-0.4, -0.2) is 69.1 Å². The summed E-state index contributed by atoms with van der Waals surface area (Å²) in [6.07, 6.45) is 0.176. The Kier molecular flexibility index (Phi) is 12.5. The molecule has 0 aromatic heterocycles. The second kappa shape index (κ2) is 14.8. The number of nitrogens with one attached hydrogen (secondary N) is 3. The van der Waals surface area contributed by atoms with Gasteiger partial charge < -0.3 is 37.0 Å². The highest BCUT2D eigenvalue weighted by atomic mass is 16.4. The van der Waals surface area contributed by atoms with Crippen LogP contribution in [0.5, 0.6) is 5.75 Å². The molecule has 0 aliphatic carbocycles. The van der Waals surface area contributed by atoms with Gasteiger partial charge in [-0.2, -0.15) is 0 Å². The number of benzene rings is 1. The summed E-state index contributed by atoms with van der Waals surface area (Å²) in [6, 6.07) is 0.708. The van der Waals surface area contributed by atoms with Crippen molar-refractivity contribution in [3.05, 3.63) is 29.8 Å². The third-order valence-corrected chi connectivity index (χ3v) is 6.36. The Morgan fingerprint density at radius 1 is 0.811 bits per heavy atom. The van der Waals surface area contributed by atoms with Crippen LogP contribution >= 0.6 is 0 Å². The van der Waals surface area contributed by atoms with Crippen LogP contribution in [0.2, 0.25) is 0 Å². The first-order valence-electron chi connectivity index (χ1n) is 12.2. The van der Waals surface area contributed by atoms with E-state index in [0.717, 1.165) is 0 Å². The van der Waals surface area contributed by atoms with Crippen molar-refractivity contribution in [2.45, 2.75) is 77.5 Å². The van der Waals surface area contributed by atoms with E-state index in [0.29, 0.717) is 18.4 Å². The predicted molar refractivity (Wildman–Crippen MR) is 134 cm³/mol. The number of carbonyl (C=O) groups is 5. The molecule has 6 atom stereocenters. The third kappa shape index (κ3) is 10.1. The van der Waals surface area contributed by atoms with Gasteiger partial charge in [0.1, 0.15) is 23.9 Å². The van der Waals surface area contributed by atoms with Crippen molar-refractivity contribution in [3.8, 4) is 5.75 Å². The number of hydrogen-bond donors (Lipinski definition) is 7. The van der Waals surface area contributed by atoms with Crippen LogP contribution in [0.3, 0.4) is 0 Å². The fraction of sp³-hybridized carbons (Fsp3) is 0.560. The molecule has 8 N–H and O–H groups in total. The van der Waals surface area contributed by atoms with Crippen LogP contribution in [-0.2, 0) is 30.4 Å². The van der Waals surface area contributed by atoms with Crippen LogP contribution in [0.15, 0.2) is 24.3 Å². The van der Waals surface area contributed by atoms with Crippen molar-refractivity contribution in [1.29, 1.82) is 0 Å². The molecule has 1 aromatic rings. The number of phenolic OH excluding ortho intramolecular Hbond substituents is 1. The molecule has 206 valence electrons. The molecule has 0 saturated carbocycles. The number of phenols is 1. The standard InChI is InChI=1S/C25H38N4O8/c1-5-13(3)20(26)23(34)29-21(14(4)6-2)24(35)27-17(12-19(31)32)22(33)28-18(25(36)37)11-15-7-9-16(30)10-8-15/h7-10,13-14,17-18,20-21,30H,5-6,11-12,26H2,1-4H3,(H,27,35)(H,28,33)(H,29,34)(H,31,32)(H,36,37). The average molecular weight is 523 g/mol. The molecule has 0 spiro atoms. The van der Waals surface area contributed by atoms with E-state index in [1.54, 1.807) is 20.8 Å². The van der Waals surface area contributed by atoms with Gasteiger partial charge in [-0.05, 0) is 29.5 Å². The van der Waals surface area contributed by atoms with Gasteiger partial charge in [0.15, 0.2) is 0 Å². The molecule has 0 fully saturated rings. The minimum atomic E-state index is -1.60. The fourth-order valence-corrected chi connectivity index (χ4v) is 3.45. The maximum absolute atomic E-state index is 13.1. The van der Waals surface area contributed by atoms with Gasteiger partial charge in [-0.3, -0.25) is 19.2 Å². The summed E-state index contributed by atoms with van der Waals surface area (Å²) in [5.74, 6) is -5.64. The molecule has 0 bridgehead atoms. The molecule has 0 saturated heterocycles. The number of aromatic hydroxyl groups is 1. The van der Waals surface area contributed by atoms with Gasteiger partial charge in [0.2, 0.25) is 17.7 Å². The first-order chi connectivity index (χ1) is 17.3. The summed E-state index contributed by atoms with van der Waals surface area (Å²) >= 11 is 0.